The van der Waals surface area contributed by atoms with Crippen molar-refractivity contribution in [1.29, 1.82) is 10.5 Å². The SMILES string of the molecule is CC(=O)NCc1cccc2c1CCN(C(=O)Cc1c(Cl)cccc1C#N)[C@H]2C.C[C@H]1c2cccc(CN)c2CCN1C(=O)Cc1c(Cl)cccc1C#N. The average Bonchev–Trinajstić information content (AvgIpc) is 3.15. The van der Waals surface area contributed by atoms with Gasteiger partial charge < -0.3 is 20.9 Å². The third-order valence-corrected chi connectivity index (χ3v) is 10.9. The molecular formula is C42H42Cl2N6O3. The number of halogens is 2. The first-order valence-corrected chi connectivity index (χ1v) is 18.3. The van der Waals surface area contributed by atoms with Crippen LogP contribution in [0.25, 0.3) is 0 Å². The number of carbonyl (C=O) groups is 3. The number of hydrogen-bond acceptors (Lipinski definition) is 6. The summed E-state index contributed by atoms with van der Waals surface area (Å²) in [5.41, 5.74) is 14.9. The molecule has 0 saturated carbocycles. The number of hydrogen-bond donors (Lipinski definition) is 2. The van der Waals surface area contributed by atoms with Crippen LogP contribution in [0.15, 0.2) is 72.8 Å². The molecule has 2 heterocycles. The van der Waals surface area contributed by atoms with Crippen molar-refractivity contribution in [2.45, 2.75) is 71.6 Å². The third kappa shape index (κ3) is 8.72. The molecule has 0 spiro atoms. The van der Waals surface area contributed by atoms with Crippen molar-refractivity contribution in [3.05, 3.63) is 138 Å². The zero-order valence-corrected chi connectivity index (χ0v) is 31.6. The van der Waals surface area contributed by atoms with E-state index < -0.39 is 0 Å². The maximum Gasteiger partial charge on any atom is 0.227 e. The van der Waals surface area contributed by atoms with Gasteiger partial charge in [-0.1, -0.05) is 71.7 Å². The van der Waals surface area contributed by atoms with Crippen LogP contribution < -0.4 is 11.1 Å². The predicted octanol–water partition coefficient (Wildman–Crippen LogP) is 6.89. The summed E-state index contributed by atoms with van der Waals surface area (Å²) < 4.78 is 0. The molecule has 4 aromatic carbocycles. The van der Waals surface area contributed by atoms with Crippen molar-refractivity contribution in [3.8, 4) is 12.1 Å². The lowest BCUT2D eigenvalue weighted by Gasteiger charge is -2.36. The highest BCUT2D eigenvalue weighted by Gasteiger charge is 2.31. The van der Waals surface area contributed by atoms with Gasteiger partial charge >= 0.3 is 0 Å². The van der Waals surface area contributed by atoms with Gasteiger partial charge in [-0.3, -0.25) is 14.4 Å². The van der Waals surface area contributed by atoms with E-state index >= 15 is 0 Å². The fraction of sp³-hybridized carbons (Fsp3) is 0.310. The topological polar surface area (TPSA) is 143 Å². The minimum absolute atomic E-state index is 0.0131. The second kappa shape index (κ2) is 17.6. The fourth-order valence-corrected chi connectivity index (χ4v) is 7.82. The van der Waals surface area contributed by atoms with Crippen LogP contribution in [0.2, 0.25) is 10.0 Å². The second-order valence-electron chi connectivity index (χ2n) is 13.2. The Kier molecular flexibility index (Phi) is 12.9. The van der Waals surface area contributed by atoms with Crippen molar-refractivity contribution in [3.63, 3.8) is 0 Å². The van der Waals surface area contributed by atoms with Crippen LogP contribution in [0, 0.1) is 22.7 Å². The highest BCUT2D eigenvalue weighted by molar-refractivity contribution is 6.32. The van der Waals surface area contributed by atoms with Crippen LogP contribution in [0.3, 0.4) is 0 Å². The van der Waals surface area contributed by atoms with Gasteiger partial charge in [-0.05, 0) is 95.5 Å². The van der Waals surface area contributed by atoms with Gasteiger partial charge in [-0.15, -0.1) is 0 Å². The molecule has 272 valence electrons. The minimum atomic E-state index is -0.0819. The lowest BCUT2D eigenvalue weighted by Crippen LogP contribution is -2.40. The molecule has 9 nitrogen and oxygen atoms in total. The quantitative estimate of drug-likeness (QED) is 0.211. The van der Waals surface area contributed by atoms with Crippen LogP contribution >= 0.6 is 23.2 Å². The van der Waals surface area contributed by atoms with Crippen molar-refractivity contribution >= 4 is 40.9 Å². The van der Waals surface area contributed by atoms with Gasteiger partial charge in [0.15, 0.2) is 0 Å². The summed E-state index contributed by atoms with van der Waals surface area (Å²) in [7, 11) is 0. The summed E-state index contributed by atoms with van der Waals surface area (Å²) in [5.74, 6) is -0.123. The number of carbonyl (C=O) groups excluding carboxylic acids is 3. The number of fused-ring (bicyclic) bond motifs is 2. The van der Waals surface area contributed by atoms with Gasteiger partial charge in [0.1, 0.15) is 0 Å². The van der Waals surface area contributed by atoms with Crippen LogP contribution in [-0.4, -0.2) is 40.6 Å². The van der Waals surface area contributed by atoms with E-state index in [1.807, 2.05) is 54.0 Å². The summed E-state index contributed by atoms with van der Waals surface area (Å²) >= 11 is 12.4. The molecule has 0 unspecified atom stereocenters. The number of nitrogens with two attached hydrogens (primary N) is 1. The van der Waals surface area contributed by atoms with Crippen molar-refractivity contribution < 1.29 is 14.4 Å². The molecule has 0 fully saturated rings. The maximum atomic E-state index is 13.0. The molecule has 3 N–H and O–H groups in total. The third-order valence-electron chi connectivity index (χ3n) is 10.2. The zero-order chi connectivity index (χ0) is 38.2. The van der Waals surface area contributed by atoms with Gasteiger partial charge in [0, 0.05) is 43.1 Å². The minimum Gasteiger partial charge on any atom is -0.352 e. The van der Waals surface area contributed by atoms with E-state index in [1.165, 1.54) is 18.1 Å². The van der Waals surface area contributed by atoms with Crippen LogP contribution in [0.1, 0.15) is 88.5 Å². The number of nitriles is 2. The molecule has 3 amide bonds. The molecule has 11 heteroatoms. The van der Waals surface area contributed by atoms with Crippen LogP contribution in [0.5, 0.6) is 0 Å². The molecule has 53 heavy (non-hydrogen) atoms. The fourth-order valence-electron chi connectivity index (χ4n) is 7.34. The molecule has 2 atom stereocenters. The van der Waals surface area contributed by atoms with Crippen molar-refractivity contribution in [1.82, 2.24) is 15.1 Å². The van der Waals surface area contributed by atoms with Crippen LogP contribution in [0.4, 0.5) is 0 Å². The van der Waals surface area contributed by atoms with E-state index in [0.29, 0.717) is 58.5 Å². The standard InChI is InChI=1S/C22H22ClN3O2.C20H20ClN3O/c1-14-18-7-3-6-17(13-25-15(2)27)19(18)9-10-26(14)22(28)11-20-16(12-24)5-4-8-21(20)23;1-13-16-6-2-4-14(11-22)17(16)8-9-24(13)20(25)10-18-15(12-23)5-3-7-19(18)21/h3-8,14H,9-11,13H2,1-2H3,(H,25,27);2-7,13H,8-11,22H2,1H3/t14-;13-/m00/s1. The zero-order valence-electron chi connectivity index (χ0n) is 30.1. The number of nitrogens with zero attached hydrogens (tertiary/aromatic N) is 4. The predicted molar refractivity (Wildman–Crippen MR) is 206 cm³/mol. The Labute approximate surface area is 320 Å². The molecule has 2 aliphatic rings. The van der Waals surface area contributed by atoms with Gasteiger partial charge in [-0.25, -0.2) is 0 Å². The van der Waals surface area contributed by atoms with Crippen molar-refractivity contribution in [2.75, 3.05) is 13.1 Å². The van der Waals surface area contributed by atoms with Gasteiger partial charge in [0.2, 0.25) is 17.7 Å². The first-order valence-electron chi connectivity index (χ1n) is 17.6. The van der Waals surface area contributed by atoms with E-state index in [4.69, 9.17) is 28.9 Å². The Morgan fingerprint density at radius 1 is 0.736 bits per heavy atom. The molecule has 4 aromatic rings. The van der Waals surface area contributed by atoms with Crippen molar-refractivity contribution in [2.24, 2.45) is 5.73 Å². The van der Waals surface area contributed by atoms with E-state index in [-0.39, 0.29) is 42.6 Å². The summed E-state index contributed by atoms with van der Waals surface area (Å²) in [6, 6.07) is 26.5. The maximum absolute atomic E-state index is 13.0. The molecule has 2 aliphatic heterocycles. The second-order valence-corrected chi connectivity index (χ2v) is 14.0. The summed E-state index contributed by atoms with van der Waals surface area (Å²) in [6.45, 7) is 7.79. The van der Waals surface area contributed by atoms with Gasteiger partial charge in [-0.2, -0.15) is 10.5 Å². The Hall–Kier alpha value is -5.19. The number of nitrogens with one attached hydrogen (secondary N) is 1. The normalized spacial score (nSPS) is 15.8. The lowest BCUT2D eigenvalue weighted by molar-refractivity contribution is -0.133. The molecule has 6 rings (SSSR count). The average molecular weight is 750 g/mol. The van der Waals surface area contributed by atoms with Gasteiger partial charge in [0.05, 0.1) is 48.2 Å². The Morgan fingerprint density at radius 2 is 1.17 bits per heavy atom. The first-order chi connectivity index (χ1) is 25.5. The number of rotatable bonds is 7. The van der Waals surface area contributed by atoms with Crippen LogP contribution in [-0.2, 0) is 53.2 Å². The molecule has 0 aliphatic carbocycles. The largest absolute Gasteiger partial charge is 0.352 e. The van der Waals surface area contributed by atoms with Gasteiger partial charge in [0.25, 0.3) is 0 Å². The first kappa shape index (κ1) is 39.0. The Morgan fingerprint density at radius 3 is 1.60 bits per heavy atom. The van der Waals surface area contributed by atoms with E-state index in [0.717, 1.165) is 35.1 Å². The summed E-state index contributed by atoms with van der Waals surface area (Å²) in [4.78, 5) is 40.9. The Balaban J connectivity index is 0.000000206. The number of benzene rings is 4. The molecule has 0 saturated heterocycles. The lowest BCUT2D eigenvalue weighted by atomic mass is 9.89. The van der Waals surface area contributed by atoms with E-state index in [9.17, 15) is 24.9 Å². The molecule has 0 radical (unpaired) electrons. The molecule has 0 aromatic heterocycles. The van der Waals surface area contributed by atoms with E-state index in [2.05, 4.69) is 23.5 Å². The highest BCUT2D eigenvalue weighted by Crippen LogP contribution is 2.34. The highest BCUT2D eigenvalue weighted by atomic mass is 35.5. The monoisotopic (exact) mass is 748 g/mol. The smallest absolute Gasteiger partial charge is 0.227 e. The Bertz CT molecular complexity index is 2120. The molecular weight excluding hydrogens is 707 g/mol. The summed E-state index contributed by atoms with van der Waals surface area (Å²) in [5, 5.41) is 22.3. The molecule has 0 bridgehead atoms. The number of amides is 3. The van der Waals surface area contributed by atoms with E-state index in [1.54, 1.807) is 36.4 Å². The summed E-state index contributed by atoms with van der Waals surface area (Å²) in [6.07, 6.45) is 1.77.